The summed E-state index contributed by atoms with van der Waals surface area (Å²) >= 11 is 6.08. The molecule has 1 aliphatic rings. The topological polar surface area (TPSA) is 89.3 Å². The van der Waals surface area contributed by atoms with Crippen molar-refractivity contribution >= 4 is 34.4 Å². The van der Waals surface area contributed by atoms with Gasteiger partial charge in [0.1, 0.15) is 12.1 Å². The number of rotatable bonds is 9. The van der Waals surface area contributed by atoms with E-state index in [2.05, 4.69) is 6.58 Å². The fourth-order valence-corrected chi connectivity index (χ4v) is 4.14. The average Bonchev–Trinajstić information content (AvgIpc) is 3.32. The fourth-order valence-electron chi connectivity index (χ4n) is 3.97. The summed E-state index contributed by atoms with van der Waals surface area (Å²) in [5, 5.41) is 0.742. The van der Waals surface area contributed by atoms with Crippen LogP contribution in [0.15, 0.2) is 64.5 Å². The van der Waals surface area contributed by atoms with Crippen molar-refractivity contribution in [3.63, 3.8) is 0 Å². The molecule has 3 aromatic rings. The Morgan fingerprint density at radius 3 is 2.61 bits per heavy atom. The highest BCUT2D eigenvalue weighted by Crippen LogP contribution is 2.33. The van der Waals surface area contributed by atoms with E-state index in [-0.39, 0.29) is 56.1 Å². The Morgan fingerprint density at radius 1 is 1.08 bits per heavy atom. The maximum absolute atomic E-state index is 13.5. The van der Waals surface area contributed by atoms with Gasteiger partial charge in [-0.15, -0.1) is 6.58 Å². The van der Waals surface area contributed by atoms with E-state index in [1.807, 2.05) is 6.07 Å². The van der Waals surface area contributed by atoms with Crippen LogP contribution in [0.1, 0.15) is 25.0 Å². The first-order chi connectivity index (χ1) is 17.3. The number of nitrogens with zero attached hydrogens (tertiary/aromatic N) is 2. The SMILES string of the molecule is C=CCN(CC(=O)N(Cc1ccc2c(c1)OCO2)Cc1coc2ccc(Cl)cc2c1=O)C(=O)C(C)C. The summed E-state index contributed by atoms with van der Waals surface area (Å²) < 4.78 is 16.5. The Morgan fingerprint density at radius 2 is 1.86 bits per heavy atom. The van der Waals surface area contributed by atoms with E-state index in [9.17, 15) is 14.4 Å². The monoisotopic (exact) mass is 510 g/mol. The Bertz CT molecular complexity index is 1370. The summed E-state index contributed by atoms with van der Waals surface area (Å²) in [6, 6.07) is 10.2. The van der Waals surface area contributed by atoms with Crippen LogP contribution in [-0.2, 0) is 22.7 Å². The van der Waals surface area contributed by atoms with Gasteiger partial charge in [0.15, 0.2) is 16.9 Å². The van der Waals surface area contributed by atoms with E-state index >= 15 is 0 Å². The van der Waals surface area contributed by atoms with E-state index in [4.69, 9.17) is 25.5 Å². The molecular formula is C27H27ClN2O6. The molecule has 4 rings (SSSR count). The highest BCUT2D eigenvalue weighted by Gasteiger charge is 2.24. The Kier molecular flexibility index (Phi) is 7.64. The van der Waals surface area contributed by atoms with Gasteiger partial charge < -0.3 is 23.7 Å². The average molecular weight is 511 g/mol. The number of hydrogen-bond acceptors (Lipinski definition) is 6. The summed E-state index contributed by atoms with van der Waals surface area (Å²) in [6.45, 7) is 7.63. The zero-order chi connectivity index (χ0) is 25.8. The van der Waals surface area contributed by atoms with Crippen LogP contribution in [0.5, 0.6) is 11.5 Å². The molecule has 0 saturated heterocycles. The van der Waals surface area contributed by atoms with Crippen molar-refractivity contribution in [1.29, 1.82) is 0 Å². The number of carbonyl (C=O) groups is 2. The molecule has 1 aliphatic heterocycles. The summed E-state index contributed by atoms with van der Waals surface area (Å²) in [4.78, 5) is 42.3. The zero-order valence-corrected chi connectivity index (χ0v) is 20.9. The van der Waals surface area contributed by atoms with Crippen molar-refractivity contribution in [2.24, 2.45) is 5.92 Å². The van der Waals surface area contributed by atoms with Crippen LogP contribution in [-0.4, -0.2) is 41.5 Å². The molecule has 0 aliphatic carbocycles. The molecule has 0 saturated carbocycles. The second kappa shape index (κ2) is 10.9. The third-order valence-corrected chi connectivity index (χ3v) is 6.05. The second-order valence-electron chi connectivity index (χ2n) is 8.83. The predicted octanol–water partition coefficient (Wildman–Crippen LogP) is 4.37. The van der Waals surface area contributed by atoms with Crippen LogP contribution < -0.4 is 14.9 Å². The first-order valence-corrected chi connectivity index (χ1v) is 11.9. The number of benzene rings is 2. The van der Waals surface area contributed by atoms with Crippen molar-refractivity contribution in [2.75, 3.05) is 19.9 Å². The van der Waals surface area contributed by atoms with Crippen LogP contribution in [0.4, 0.5) is 0 Å². The van der Waals surface area contributed by atoms with Gasteiger partial charge in [-0.3, -0.25) is 14.4 Å². The van der Waals surface area contributed by atoms with Crippen molar-refractivity contribution < 1.29 is 23.5 Å². The van der Waals surface area contributed by atoms with Gasteiger partial charge in [0, 0.05) is 24.0 Å². The van der Waals surface area contributed by atoms with E-state index < -0.39 is 0 Å². The maximum Gasteiger partial charge on any atom is 0.242 e. The Labute approximate surface area is 213 Å². The van der Waals surface area contributed by atoms with Gasteiger partial charge in [-0.2, -0.15) is 0 Å². The molecule has 2 amide bonds. The summed E-state index contributed by atoms with van der Waals surface area (Å²) in [7, 11) is 0. The van der Waals surface area contributed by atoms with Crippen LogP contribution in [0.2, 0.25) is 5.02 Å². The molecule has 0 fully saturated rings. The first-order valence-electron chi connectivity index (χ1n) is 11.5. The minimum absolute atomic E-state index is 0.0180. The standard InChI is InChI=1S/C27H27ClN2O6/c1-4-9-29(27(33)17(2)3)14-25(31)30(12-18-5-7-23-24(10-18)36-16-35-23)13-19-15-34-22-8-6-20(28)11-21(22)26(19)32/h4-8,10-11,15,17H,1,9,12-14,16H2,2-3H3. The Hall–Kier alpha value is -3.78. The highest BCUT2D eigenvalue weighted by atomic mass is 35.5. The third-order valence-electron chi connectivity index (χ3n) is 5.81. The molecular weight excluding hydrogens is 484 g/mol. The van der Waals surface area contributed by atoms with Gasteiger partial charge in [-0.25, -0.2) is 0 Å². The molecule has 1 aromatic heterocycles. The van der Waals surface area contributed by atoms with E-state index in [1.165, 1.54) is 16.1 Å². The number of carbonyl (C=O) groups excluding carboxylic acids is 2. The van der Waals surface area contributed by atoms with Crippen LogP contribution in [0.25, 0.3) is 11.0 Å². The lowest BCUT2D eigenvalue weighted by atomic mass is 10.1. The van der Waals surface area contributed by atoms with Gasteiger partial charge in [0.2, 0.25) is 18.6 Å². The second-order valence-corrected chi connectivity index (χ2v) is 9.27. The molecule has 2 heterocycles. The summed E-state index contributed by atoms with van der Waals surface area (Å²) in [6.07, 6.45) is 2.94. The van der Waals surface area contributed by atoms with Crippen molar-refractivity contribution in [1.82, 2.24) is 9.80 Å². The maximum atomic E-state index is 13.5. The number of amides is 2. The normalized spacial score (nSPS) is 12.1. The molecule has 0 atom stereocenters. The quantitative estimate of drug-likeness (QED) is 0.397. The zero-order valence-electron chi connectivity index (χ0n) is 20.2. The number of fused-ring (bicyclic) bond motifs is 2. The van der Waals surface area contributed by atoms with Crippen molar-refractivity contribution in [3.05, 3.63) is 81.7 Å². The molecule has 0 radical (unpaired) electrons. The molecule has 2 aromatic carbocycles. The van der Waals surface area contributed by atoms with E-state index in [0.29, 0.717) is 33.1 Å². The lowest BCUT2D eigenvalue weighted by Gasteiger charge is -2.28. The van der Waals surface area contributed by atoms with Gasteiger partial charge in [-0.1, -0.05) is 37.6 Å². The van der Waals surface area contributed by atoms with Crippen LogP contribution in [0.3, 0.4) is 0 Å². The first kappa shape index (κ1) is 25.3. The molecule has 0 bridgehead atoms. The highest BCUT2D eigenvalue weighted by molar-refractivity contribution is 6.31. The third kappa shape index (κ3) is 5.54. The molecule has 188 valence electrons. The van der Waals surface area contributed by atoms with Gasteiger partial charge in [0.05, 0.1) is 23.8 Å². The fraction of sp³-hybridized carbons (Fsp3) is 0.296. The summed E-state index contributed by atoms with van der Waals surface area (Å²) in [5.41, 5.74) is 1.21. The summed E-state index contributed by atoms with van der Waals surface area (Å²) in [5.74, 6) is 0.448. The van der Waals surface area contributed by atoms with Crippen molar-refractivity contribution in [3.8, 4) is 11.5 Å². The van der Waals surface area contributed by atoms with Gasteiger partial charge in [-0.05, 0) is 35.9 Å². The smallest absolute Gasteiger partial charge is 0.242 e. The predicted molar refractivity (Wildman–Crippen MR) is 136 cm³/mol. The van der Waals surface area contributed by atoms with E-state index in [1.54, 1.807) is 50.3 Å². The molecule has 0 unspecified atom stereocenters. The molecule has 36 heavy (non-hydrogen) atoms. The molecule has 0 N–H and O–H groups in total. The number of hydrogen-bond donors (Lipinski definition) is 0. The van der Waals surface area contributed by atoms with Gasteiger partial charge in [0.25, 0.3) is 0 Å². The van der Waals surface area contributed by atoms with Crippen molar-refractivity contribution in [2.45, 2.75) is 26.9 Å². The largest absolute Gasteiger partial charge is 0.464 e. The number of ether oxygens (including phenoxy) is 2. The molecule has 9 heteroatoms. The van der Waals surface area contributed by atoms with Crippen LogP contribution >= 0.6 is 11.6 Å². The minimum atomic E-state index is -0.325. The lowest BCUT2D eigenvalue weighted by Crippen LogP contribution is -2.44. The Balaban J connectivity index is 1.66. The lowest BCUT2D eigenvalue weighted by molar-refractivity contribution is -0.142. The van der Waals surface area contributed by atoms with Crippen LogP contribution in [0, 0.1) is 5.92 Å². The van der Waals surface area contributed by atoms with E-state index in [0.717, 1.165) is 5.56 Å². The minimum Gasteiger partial charge on any atom is -0.464 e. The number of halogens is 1. The molecule has 8 nitrogen and oxygen atoms in total. The molecule has 0 spiro atoms. The van der Waals surface area contributed by atoms with Gasteiger partial charge >= 0.3 is 0 Å².